The SMILES string of the molecule is Cc1ccc([C@H](CCN2C3CCC2CC(n2c(C)nnc2C(C)C)C3)NC(=O)C2CCCCC2)s1.O=C=O. The van der Waals surface area contributed by atoms with Gasteiger partial charge in [0.25, 0.3) is 0 Å². The second kappa shape index (κ2) is 13.1. The number of hydrogen-bond acceptors (Lipinski definition) is 7. The van der Waals surface area contributed by atoms with E-state index in [1.807, 2.05) is 11.3 Å². The highest BCUT2D eigenvalue weighted by atomic mass is 32.1. The molecule has 3 aliphatic rings. The number of hydrogen-bond donors (Lipinski definition) is 1. The molecular formula is C29H43N5O3S. The number of carbonyl (C=O) groups is 1. The van der Waals surface area contributed by atoms with E-state index in [4.69, 9.17) is 9.59 Å². The molecule has 3 atom stereocenters. The number of aromatic nitrogens is 3. The number of piperidine rings is 1. The number of fused-ring (bicyclic) bond motifs is 2. The summed E-state index contributed by atoms with van der Waals surface area (Å²) in [6.07, 6.45) is 12.0. The van der Waals surface area contributed by atoms with Crippen LogP contribution in [-0.4, -0.2) is 50.4 Å². The van der Waals surface area contributed by atoms with Crippen molar-refractivity contribution >= 4 is 23.4 Å². The molecule has 3 fully saturated rings. The largest absolute Gasteiger partial charge is 0.373 e. The second-order valence-electron chi connectivity index (χ2n) is 11.6. The first-order chi connectivity index (χ1) is 18.3. The fourth-order valence-electron chi connectivity index (χ4n) is 6.91. The molecule has 2 saturated heterocycles. The van der Waals surface area contributed by atoms with E-state index in [1.165, 1.54) is 54.7 Å². The molecule has 0 radical (unpaired) electrons. The summed E-state index contributed by atoms with van der Waals surface area (Å²) in [4.78, 5) is 34.8. The van der Waals surface area contributed by atoms with Crippen LogP contribution in [0.2, 0.25) is 0 Å². The first-order valence-electron chi connectivity index (χ1n) is 14.4. The van der Waals surface area contributed by atoms with Crippen LogP contribution in [0.4, 0.5) is 0 Å². The zero-order valence-electron chi connectivity index (χ0n) is 23.3. The Morgan fingerprint density at radius 1 is 1.03 bits per heavy atom. The van der Waals surface area contributed by atoms with Gasteiger partial charge >= 0.3 is 6.15 Å². The van der Waals surface area contributed by atoms with Crippen LogP contribution < -0.4 is 5.32 Å². The van der Waals surface area contributed by atoms with Crippen LogP contribution >= 0.6 is 11.3 Å². The van der Waals surface area contributed by atoms with Gasteiger partial charge in [0.15, 0.2) is 0 Å². The van der Waals surface area contributed by atoms with Crippen molar-refractivity contribution in [1.29, 1.82) is 0 Å². The minimum Gasteiger partial charge on any atom is -0.348 e. The van der Waals surface area contributed by atoms with Gasteiger partial charge in [-0.15, -0.1) is 21.5 Å². The van der Waals surface area contributed by atoms with Crippen LogP contribution in [0, 0.1) is 19.8 Å². The topological polar surface area (TPSA) is 97.2 Å². The van der Waals surface area contributed by atoms with Crippen LogP contribution in [0.3, 0.4) is 0 Å². The average molecular weight is 542 g/mol. The van der Waals surface area contributed by atoms with Crippen LogP contribution in [0.25, 0.3) is 0 Å². The van der Waals surface area contributed by atoms with Crippen molar-refractivity contribution in [3.05, 3.63) is 33.5 Å². The molecule has 8 nitrogen and oxygen atoms in total. The number of thiophene rings is 1. The van der Waals surface area contributed by atoms with Crippen LogP contribution in [0.1, 0.15) is 117 Å². The van der Waals surface area contributed by atoms with Crippen molar-refractivity contribution in [2.24, 2.45) is 5.92 Å². The third kappa shape index (κ3) is 6.61. The highest BCUT2D eigenvalue weighted by molar-refractivity contribution is 7.12. The highest BCUT2D eigenvalue weighted by Gasteiger charge is 2.42. The molecule has 2 bridgehead atoms. The zero-order valence-corrected chi connectivity index (χ0v) is 24.1. The van der Waals surface area contributed by atoms with Gasteiger partial charge in [-0.05, 0) is 70.9 Å². The Labute approximate surface area is 230 Å². The molecule has 5 rings (SSSR count). The number of nitrogens with one attached hydrogen (secondary N) is 1. The quantitative estimate of drug-likeness (QED) is 0.475. The van der Waals surface area contributed by atoms with E-state index in [9.17, 15) is 4.79 Å². The minimum absolute atomic E-state index is 0.132. The Kier molecular flexibility index (Phi) is 9.91. The van der Waals surface area contributed by atoms with Gasteiger partial charge in [-0.25, -0.2) is 0 Å². The van der Waals surface area contributed by atoms with Crippen LogP contribution in [0.5, 0.6) is 0 Å². The number of aryl methyl sites for hydroxylation is 2. The fraction of sp³-hybridized carbons (Fsp3) is 0.724. The standard InChI is InChI=1S/C28H43N5OS.CO2/c1-18(2)27-31-30-20(4)33(27)24-16-22-11-12-23(17-24)32(22)15-14-25(26-13-10-19(3)35-26)29-28(34)21-8-6-5-7-9-21;2-1-3/h10,13,18,21-25H,5-9,11-12,14-17H2,1-4H3,(H,29,34);/t22?,23?,24?,25-;/m0./s1. The van der Waals surface area contributed by atoms with E-state index in [2.05, 4.69) is 64.8 Å². The van der Waals surface area contributed by atoms with E-state index in [0.717, 1.165) is 37.5 Å². The van der Waals surface area contributed by atoms with Crippen molar-refractivity contribution < 1.29 is 14.4 Å². The number of rotatable bonds is 8. The lowest BCUT2D eigenvalue weighted by atomic mass is 9.88. The van der Waals surface area contributed by atoms with E-state index in [0.29, 0.717) is 24.0 Å². The van der Waals surface area contributed by atoms with Gasteiger partial charge in [-0.1, -0.05) is 33.1 Å². The average Bonchev–Trinajstić information content (AvgIpc) is 3.57. The lowest BCUT2D eigenvalue weighted by molar-refractivity contribution is -0.191. The Morgan fingerprint density at radius 2 is 1.68 bits per heavy atom. The third-order valence-electron chi connectivity index (χ3n) is 8.71. The number of carbonyl (C=O) groups excluding carboxylic acids is 3. The Morgan fingerprint density at radius 3 is 2.26 bits per heavy atom. The summed E-state index contributed by atoms with van der Waals surface area (Å²) in [6, 6.07) is 6.32. The van der Waals surface area contributed by atoms with Gasteiger partial charge in [0, 0.05) is 46.3 Å². The summed E-state index contributed by atoms with van der Waals surface area (Å²) < 4.78 is 2.44. The van der Waals surface area contributed by atoms with Crippen molar-refractivity contribution in [2.45, 2.75) is 122 Å². The Hall–Kier alpha value is -2.35. The monoisotopic (exact) mass is 541 g/mol. The Bertz CT molecular complexity index is 1090. The molecule has 208 valence electrons. The predicted molar refractivity (Wildman–Crippen MR) is 147 cm³/mol. The molecule has 2 aromatic rings. The van der Waals surface area contributed by atoms with Crippen LogP contribution in [0.15, 0.2) is 12.1 Å². The molecule has 2 aromatic heterocycles. The molecule has 1 N–H and O–H groups in total. The summed E-state index contributed by atoms with van der Waals surface area (Å²) in [5, 5.41) is 12.4. The first kappa shape index (κ1) is 28.7. The summed E-state index contributed by atoms with van der Waals surface area (Å²) in [5.74, 6) is 3.09. The molecule has 0 aromatic carbocycles. The van der Waals surface area contributed by atoms with Crippen molar-refractivity contribution in [3.63, 3.8) is 0 Å². The van der Waals surface area contributed by atoms with E-state index >= 15 is 0 Å². The molecule has 0 spiro atoms. The van der Waals surface area contributed by atoms with Gasteiger partial charge in [-0.2, -0.15) is 9.59 Å². The maximum absolute atomic E-state index is 13.1. The van der Waals surface area contributed by atoms with E-state index in [1.54, 1.807) is 0 Å². The Balaban J connectivity index is 0.00000107. The molecule has 4 heterocycles. The van der Waals surface area contributed by atoms with Gasteiger partial charge in [0.2, 0.25) is 5.91 Å². The second-order valence-corrected chi connectivity index (χ2v) is 12.9. The fourth-order valence-corrected chi connectivity index (χ4v) is 7.87. The van der Waals surface area contributed by atoms with Crippen molar-refractivity contribution in [3.8, 4) is 0 Å². The van der Waals surface area contributed by atoms with E-state index < -0.39 is 0 Å². The first-order valence-corrected chi connectivity index (χ1v) is 15.2. The molecule has 38 heavy (non-hydrogen) atoms. The lowest BCUT2D eigenvalue weighted by Crippen LogP contribution is -2.45. The van der Waals surface area contributed by atoms with Crippen molar-refractivity contribution in [2.75, 3.05) is 6.54 Å². The molecule has 9 heteroatoms. The zero-order chi connectivity index (χ0) is 27.2. The van der Waals surface area contributed by atoms with Gasteiger partial charge in [-0.3, -0.25) is 9.69 Å². The molecule has 1 amide bonds. The maximum atomic E-state index is 13.1. The number of amides is 1. The third-order valence-corrected chi connectivity index (χ3v) is 9.82. The molecular weight excluding hydrogens is 498 g/mol. The van der Waals surface area contributed by atoms with Gasteiger partial charge in [0.05, 0.1) is 6.04 Å². The minimum atomic E-state index is 0.132. The van der Waals surface area contributed by atoms with Gasteiger partial charge in [0.1, 0.15) is 11.6 Å². The summed E-state index contributed by atoms with van der Waals surface area (Å²) >= 11 is 1.84. The summed E-state index contributed by atoms with van der Waals surface area (Å²) in [5.41, 5.74) is 0. The number of nitrogens with zero attached hydrogens (tertiary/aromatic N) is 4. The molecule has 1 aliphatic carbocycles. The smallest absolute Gasteiger partial charge is 0.348 e. The summed E-state index contributed by atoms with van der Waals surface area (Å²) in [6.45, 7) is 9.77. The lowest BCUT2D eigenvalue weighted by Gasteiger charge is -2.40. The molecule has 2 aliphatic heterocycles. The highest BCUT2D eigenvalue weighted by Crippen LogP contribution is 2.42. The maximum Gasteiger partial charge on any atom is 0.373 e. The van der Waals surface area contributed by atoms with Crippen molar-refractivity contribution in [1.82, 2.24) is 25.0 Å². The molecule has 2 unspecified atom stereocenters. The van der Waals surface area contributed by atoms with Gasteiger partial charge < -0.3 is 9.88 Å². The van der Waals surface area contributed by atoms with E-state index in [-0.39, 0.29) is 24.0 Å². The predicted octanol–water partition coefficient (Wildman–Crippen LogP) is 5.49. The van der Waals surface area contributed by atoms with Crippen LogP contribution in [-0.2, 0) is 14.4 Å². The normalized spacial score (nSPS) is 24.5. The summed E-state index contributed by atoms with van der Waals surface area (Å²) in [7, 11) is 0. The molecule has 1 saturated carbocycles.